The highest BCUT2D eigenvalue weighted by Crippen LogP contribution is 2.31. The van der Waals surface area contributed by atoms with E-state index in [-0.39, 0.29) is 41.2 Å². The van der Waals surface area contributed by atoms with Crippen molar-refractivity contribution >= 4 is 22.4 Å². The first-order valence-corrected chi connectivity index (χ1v) is 10.7. The first kappa shape index (κ1) is 21.5. The lowest BCUT2D eigenvalue weighted by Gasteiger charge is -2.29. The van der Waals surface area contributed by atoms with Crippen molar-refractivity contribution in [2.45, 2.75) is 38.3 Å². The molecule has 1 fully saturated rings. The summed E-state index contributed by atoms with van der Waals surface area (Å²) in [5, 5.41) is 14.1. The molecule has 0 unspecified atom stereocenters. The Balaban J connectivity index is 1.71. The Morgan fingerprint density at radius 2 is 1.84 bits per heavy atom. The first-order chi connectivity index (χ1) is 15.5. The molecule has 0 bridgehead atoms. The number of rotatable bonds is 6. The molecular formula is C26H24FN3O2. The van der Waals surface area contributed by atoms with E-state index in [0.717, 1.165) is 36.6 Å². The molecule has 0 atom stereocenters. The number of nitrogens with one attached hydrogen (secondary N) is 1. The summed E-state index contributed by atoms with van der Waals surface area (Å²) in [6, 6.07) is 15.6. The predicted octanol–water partition coefficient (Wildman–Crippen LogP) is 4.79. The van der Waals surface area contributed by atoms with Gasteiger partial charge in [0.2, 0.25) is 0 Å². The van der Waals surface area contributed by atoms with Crippen LogP contribution in [0, 0.1) is 23.1 Å². The summed E-state index contributed by atoms with van der Waals surface area (Å²) in [5.41, 5.74) is 1.71. The van der Waals surface area contributed by atoms with E-state index >= 15 is 0 Å². The Kier molecular flexibility index (Phi) is 6.18. The Morgan fingerprint density at radius 3 is 2.50 bits per heavy atom. The number of anilines is 1. The minimum absolute atomic E-state index is 0.00133. The van der Waals surface area contributed by atoms with Crippen molar-refractivity contribution in [3.8, 4) is 6.07 Å². The molecule has 2 aromatic carbocycles. The third-order valence-corrected chi connectivity index (χ3v) is 6.22. The quantitative estimate of drug-likeness (QED) is 0.572. The summed E-state index contributed by atoms with van der Waals surface area (Å²) in [4.78, 5) is 25.2. The van der Waals surface area contributed by atoms with Crippen molar-refractivity contribution in [2.24, 2.45) is 5.92 Å². The molecule has 1 aromatic heterocycles. The minimum Gasteiger partial charge on any atom is -0.381 e. The van der Waals surface area contributed by atoms with Crippen LogP contribution in [0.4, 0.5) is 10.1 Å². The summed E-state index contributed by atoms with van der Waals surface area (Å²) in [5.74, 6) is -0.260. The number of pyridine rings is 1. The maximum absolute atomic E-state index is 13.3. The number of ketones is 1. The van der Waals surface area contributed by atoms with Crippen LogP contribution in [0.25, 0.3) is 10.9 Å². The number of hydrogen-bond acceptors (Lipinski definition) is 4. The molecule has 6 heteroatoms. The fourth-order valence-corrected chi connectivity index (χ4v) is 4.48. The number of allylic oxidation sites excluding steroid dienone is 1. The monoisotopic (exact) mass is 429 g/mol. The molecule has 5 nitrogen and oxygen atoms in total. The fraction of sp³-hybridized carbons (Fsp3) is 0.269. The van der Waals surface area contributed by atoms with Crippen molar-refractivity contribution in [2.75, 3.05) is 5.32 Å². The number of fused-ring (bicyclic) bond motifs is 1. The molecule has 1 aliphatic carbocycles. The zero-order valence-electron chi connectivity index (χ0n) is 17.7. The van der Waals surface area contributed by atoms with Gasteiger partial charge in [-0.25, -0.2) is 4.39 Å². The van der Waals surface area contributed by atoms with Crippen LogP contribution in [-0.4, -0.2) is 16.4 Å². The van der Waals surface area contributed by atoms with E-state index in [2.05, 4.69) is 18.0 Å². The second kappa shape index (κ2) is 9.19. The van der Waals surface area contributed by atoms with Gasteiger partial charge in [-0.05, 0) is 55.5 Å². The van der Waals surface area contributed by atoms with Crippen molar-refractivity contribution in [3.05, 3.63) is 88.5 Å². The Bertz CT molecular complexity index is 1260. The van der Waals surface area contributed by atoms with Crippen LogP contribution in [0.3, 0.4) is 0 Å². The van der Waals surface area contributed by atoms with E-state index in [1.165, 1.54) is 18.2 Å². The lowest BCUT2D eigenvalue weighted by atomic mass is 9.83. The normalized spacial score (nSPS) is 18.1. The minimum atomic E-state index is -0.381. The molecule has 1 aliphatic rings. The van der Waals surface area contributed by atoms with Gasteiger partial charge in [-0.15, -0.1) is 0 Å². The molecule has 0 saturated heterocycles. The van der Waals surface area contributed by atoms with Gasteiger partial charge in [-0.2, -0.15) is 5.26 Å². The van der Waals surface area contributed by atoms with E-state index < -0.39 is 0 Å². The zero-order valence-corrected chi connectivity index (χ0v) is 17.7. The van der Waals surface area contributed by atoms with Gasteiger partial charge in [0.1, 0.15) is 17.4 Å². The third-order valence-electron chi connectivity index (χ3n) is 6.22. The van der Waals surface area contributed by atoms with Crippen LogP contribution < -0.4 is 10.9 Å². The molecule has 1 N–H and O–H groups in total. The van der Waals surface area contributed by atoms with Gasteiger partial charge >= 0.3 is 0 Å². The van der Waals surface area contributed by atoms with Gasteiger partial charge in [0.05, 0.1) is 17.7 Å². The molecule has 0 amide bonds. The van der Waals surface area contributed by atoms with E-state index in [1.54, 1.807) is 16.7 Å². The molecule has 4 rings (SSSR count). The molecule has 1 heterocycles. The van der Waals surface area contributed by atoms with Crippen LogP contribution in [0.5, 0.6) is 0 Å². The van der Waals surface area contributed by atoms with E-state index in [9.17, 15) is 19.2 Å². The lowest BCUT2D eigenvalue weighted by molar-refractivity contribution is -0.119. The number of benzene rings is 2. The number of para-hydroxylation sites is 1. The van der Waals surface area contributed by atoms with Crippen molar-refractivity contribution in [3.63, 3.8) is 0 Å². The molecule has 0 spiro atoms. The van der Waals surface area contributed by atoms with Crippen LogP contribution in [-0.2, 0) is 11.3 Å². The number of aromatic nitrogens is 1. The number of hydrogen-bond donors (Lipinski definition) is 1. The average Bonchev–Trinajstić information content (AvgIpc) is 2.83. The second-order valence-electron chi connectivity index (χ2n) is 8.20. The Hall–Kier alpha value is -3.72. The Labute approximate surface area is 185 Å². The molecular weight excluding hydrogens is 405 g/mol. The Morgan fingerprint density at radius 1 is 1.16 bits per heavy atom. The number of halogens is 1. The highest BCUT2D eigenvalue weighted by Gasteiger charge is 2.26. The summed E-state index contributed by atoms with van der Waals surface area (Å²) >= 11 is 0. The summed E-state index contributed by atoms with van der Waals surface area (Å²) in [6.45, 7) is 3.81. The third kappa shape index (κ3) is 4.19. The number of carbonyl (C=O) groups excluding carboxylic acids is 1. The van der Waals surface area contributed by atoms with Crippen molar-refractivity contribution in [1.29, 1.82) is 5.26 Å². The van der Waals surface area contributed by atoms with Gasteiger partial charge < -0.3 is 9.88 Å². The average molecular weight is 429 g/mol. The standard InChI is InChI=1S/C26H24FN3O2/c1-2-24(31)18-9-13-20(14-10-18)29-25-21-5-3-4-6-23(21)30(26(32)22(25)15-28)16-17-7-11-19(27)12-8-17/h2-8,11-12,18,20,29H,1,9-10,13-14,16H2. The van der Waals surface area contributed by atoms with Crippen LogP contribution in [0.1, 0.15) is 36.8 Å². The molecule has 32 heavy (non-hydrogen) atoms. The SMILES string of the molecule is C=CC(=O)C1CCC(Nc2c(C#N)c(=O)n(Cc3ccc(F)cc3)c3ccccc23)CC1. The maximum atomic E-state index is 13.3. The molecule has 3 aromatic rings. The molecule has 1 saturated carbocycles. The first-order valence-electron chi connectivity index (χ1n) is 10.7. The smallest absolute Gasteiger partial charge is 0.271 e. The largest absolute Gasteiger partial charge is 0.381 e. The second-order valence-corrected chi connectivity index (χ2v) is 8.20. The molecule has 0 aliphatic heterocycles. The number of nitrogens with zero attached hydrogens (tertiary/aromatic N) is 2. The van der Waals surface area contributed by atoms with E-state index in [4.69, 9.17) is 0 Å². The van der Waals surface area contributed by atoms with Gasteiger partial charge in [-0.3, -0.25) is 9.59 Å². The summed E-state index contributed by atoms with van der Waals surface area (Å²) in [6.07, 6.45) is 4.46. The van der Waals surface area contributed by atoms with Crippen molar-refractivity contribution in [1.82, 2.24) is 4.57 Å². The maximum Gasteiger partial charge on any atom is 0.271 e. The van der Waals surface area contributed by atoms with Crippen LogP contribution in [0.2, 0.25) is 0 Å². The highest BCUT2D eigenvalue weighted by atomic mass is 19.1. The van der Waals surface area contributed by atoms with Gasteiger partial charge in [0.25, 0.3) is 5.56 Å². The van der Waals surface area contributed by atoms with Crippen LogP contribution >= 0.6 is 0 Å². The summed E-state index contributed by atoms with van der Waals surface area (Å²) in [7, 11) is 0. The summed E-state index contributed by atoms with van der Waals surface area (Å²) < 4.78 is 14.9. The predicted molar refractivity (Wildman–Crippen MR) is 123 cm³/mol. The molecule has 162 valence electrons. The van der Waals surface area contributed by atoms with E-state index in [0.29, 0.717) is 11.2 Å². The lowest BCUT2D eigenvalue weighted by Crippen LogP contribution is -2.31. The highest BCUT2D eigenvalue weighted by molar-refractivity contribution is 5.94. The zero-order chi connectivity index (χ0) is 22.7. The van der Waals surface area contributed by atoms with Crippen molar-refractivity contribution < 1.29 is 9.18 Å². The molecule has 0 radical (unpaired) electrons. The topological polar surface area (TPSA) is 74.9 Å². The van der Waals surface area contributed by atoms with Crippen LogP contribution in [0.15, 0.2) is 66.0 Å². The number of carbonyl (C=O) groups is 1. The van der Waals surface area contributed by atoms with Gasteiger partial charge in [-0.1, -0.05) is 36.9 Å². The van der Waals surface area contributed by atoms with E-state index in [1.807, 2.05) is 24.3 Å². The number of nitriles is 1. The van der Waals surface area contributed by atoms with Gasteiger partial charge in [0, 0.05) is 17.3 Å². The van der Waals surface area contributed by atoms with Gasteiger partial charge in [0.15, 0.2) is 5.78 Å². The fourth-order valence-electron chi connectivity index (χ4n) is 4.48.